The Balaban J connectivity index is 1.82. The van der Waals surface area contributed by atoms with Crippen LogP contribution in [-0.2, 0) is 10.0 Å². The van der Waals surface area contributed by atoms with Crippen LogP contribution in [0, 0.1) is 6.92 Å². The van der Waals surface area contributed by atoms with Crippen molar-refractivity contribution in [2.75, 3.05) is 0 Å². The highest BCUT2D eigenvalue weighted by molar-refractivity contribution is 7.89. The largest absolute Gasteiger partial charge is 0.352 e. The molecule has 0 aliphatic rings. The van der Waals surface area contributed by atoms with Crippen molar-refractivity contribution >= 4 is 38.7 Å². The number of aromatic nitrogens is 1. The number of sulfonamides is 1. The summed E-state index contributed by atoms with van der Waals surface area (Å²) in [5.41, 5.74) is 2.39. The van der Waals surface area contributed by atoms with Crippen molar-refractivity contribution in [3.05, 3.63) is 64.8 Å². The van der Waals surface area contributed by atoms with Gasteiger partial charge in [0, 0.05) is 10.9 Å². The van der Waals surface area contributed by atoms with Crippen LogP contribution >= 0.6 is 11.6 Å². The molecule has 0 bridgehead atoms. The minimum Gasteiger partial charge on any atom is -0.352 e. The maximum Gasteiger partial charge on any atom is 0.276 e. The van der Waals surface area contributed by atoms with Crippen molar-refractivity contribution < 1.29 is 8.42 Å². The molecule has 1 heterocycles. The van der Waals surface area contributed by atoms with E-state index in [-0.39, 0.29) is 4.90 Å². The number of rotatable bonds is 4. The summed E-state index contributed by atoms with van der Waals surface area (Å²) in [4.78, 5) is 5.41. The van der Waals surface area contributed by atoms with E-state index < -0.39 is 10.0 Å². The summed E-state index contributed by atoms with van der Waals surface area (Å²) >= 11 is 6.24. The van der Waals surface area contributed by atoms with E-state index in [0.29, 0.717) is 10.7 Å². The number of hydrazone groups is 1. The molecule has 0 spiro atoms. The van der Waals surface area contributed by atoms with E-state index >= 15 is 0 Å². The quantitative estimate of drug-likeness (QED) is 0.560. The lowest BCUT2D eigenvalue weighted by Crippen LogP contribution is -2.18. The van der Waals surface area contributed by atoms with E-state index in [4.69, 9.17) is 11.6 Å². The molecule has 0 amide bonds. The molecule has 23 heavy (non-hydrogen) atoms. The number of H-pyrrole nitrogens is 1. The van der Waals surface area contributed by atoms with Gasteiger partial charge in [-0.1, -0.05) is 47.5 Å². The molecule has 2 N–H and O–H groups in total. The van der Waals surface area contributed by atoms with Crippen molar-refractivity contribution in [1.82, 2.24) is 9.82 Å². The van der Waals surface area contributed by atoms with Crippen LogP contribution in [0.4, 0.5) is 0 Å². The Morgan fingerprint density at radius 3 is 2.52 bits per heavy atom. The fraction of sp³-hybridized carbons (Fsp3) is 0.0625. The zero-order chi connectivity index (χ0) is 16.4. The van der Waals surface area contributed by atoms with Gasteiger partial charge in [0.25, 0.3) is 10.0 Å². The molecule has 1 aromatic heterocycles. The highest BCUT2D eigenvalue weighted by atomic mass is 35.5. The summed E-state index contributed by atoms with van der Waals surface area (Å²) in [7, 11) is -3.69. The predicted molar refractivity (Wildman–Crippen MR) is 92.4 cm³/mol. The van der Waals surface area contributed by atoms with Crippen LogP contribution in [0.2, 0.25) is 5.02 Å². The highest BCUT2D eigenvalue weighted by Gasteiger charge is 2.12. The van der Waals surface area contributed by atoms with Crippen LogP contribution in [0.25, 0.3) is 10.9 Å². The number of nitrogens with zero attached hydrogens (tertiary/aromatic N) is 1. The van der Waals surface area contributed by atoms with Crippen LogP contribution in [0.3, 0.4) is 0 Å². The zero-order valence-corrected chi connectivity index (χ0v) is 13.8. The van der Waals surface area contributed by atoms with Gasteiger partial charge in [0.1, 0.15) is 0 Å². The Morgan fingerprint density at radius 2 is 1.83 bits per heavy atom. The van der Waals surface area contributed by atoms with Gasteiger partial charge in [-0.25, -0.2) is 4.83 Å². The number of benzene rings is 2. The number of aryl methyl sites for hydroxylation is 1. The summed E-state index contributed by atoms with van der Waals surface area (Å²) in [6, 6.07) is 14.0. The first kappa shape index (κ1) is 15.6. The molecule has 0 unspecified atom stereocenters. The summed E-state index contributed by atoms with van der Waals surface area (Å²) in [5.74, 6) is 0. The second-order valence-corrected chi connectivity index (χ2v) is 7.10. The van der Waals surface area contributed by atoms with Crippen LogP contribution < -0.4 is 4.83 Å². The second kappa shape index (κ2) is 6.06. The van der Waals surface area contributed by atoms with Crippen LogP contribution in [0.1, 0.15) is 11.3 Å². The molecule has 0 saturated carbocycles. The van der Waals surface area contributed by atoms with Gasteiger partial charge in [-0.3, -0.25) is 0 Å². The SMILES string of the molecule is Cc1ccc(S(=O)(=O)N/N=C/c2[nH]c3ccccc3c2Cl)cc1. The lowest BCUT2D eigenvalue weighted by atomic mass is 10.2. The van der Waals surface area contributed by atoms with Gasteiger partial charge in [-0.15, -0.1) is 0 Å². The number of halogens is 1. The number of fused-ring (bicyclic) bond motifs is 1. The molecule has 0 fully saturated rings. The summed E-state index contributed by atoms with van der Waals surface area (Å²) in [6.07, 6.45) is 1.36. The number of nitrogens with one attached hydrogen (secondary N) is 2. The zero-order valence-electron chi connectivity index (χ0n) is 12.2. The Hall–Kier alpha value is -2.31. The lowest BCUT2D eigenvalue weighted by Gasteiger charge is -2.03. The number of aromatic amines is 1. The lowest BCUT2D eigenvalue weighted by molar-refractivity contribution is 0.584. The third-order valence-corrected chi connectivity index (χ3v) is 5.01. The van der Waals surface area contributed by atoms with E-state index in [0.717, 1.165) is 16.5 Å². The van der Waals surface area contributed by atoms with Crippen molar-refractivity contribution in [3.63, 3.8) is 0 Å². The van der Waals surface area contributed by atoms with Gasteiger partial charge in [0.2, 0.25) is 0 Å². The van der Waals surface area contributed by atoms with Crippen molar-refractivity contribution in [2.24, 2.45) is 5.10 Å². The van der Waals surface area contributed by atoms with Crippen molar-refractivity contribution in [2.45, 2.75) is 11.8 Å². The molecular formula is C16H14ClN3O2S. The van der Waals surface area contributed by atoms with Gasteiger partial charge in [0.15, 0.2) is 0 Å². The van der Waals surface area contributed by atoms with Crippen LogP contribution in [0.5, 0.6) is 0 Å². The minimum absolute atomic E-state index is 0.156. The monoisotopic (exact) mass is 347 g/mol. The molecule has 0 radical (unpaired) electrons. The minimum atomic E-state index is -3.69. The van der Waals surface area contributed by atoms with Gasteiger partial charge in [-0.05, 0) is 25.1 Å². The van der Waals surface area contributed by atoms with E-state index in [1.165, 1.54) is 18.3 Å². The maximum atomic E-state index is 12.1. The fourth-order valence-electron chi connectivity index (χ4n) is 2.15. The first-order valence-electron chi connectivity index (χ1n) is 6.85. The van der Waals surface area contributed by atoms with Gasteiger partial charge in [-0.2, -0.15) is 13.5 Å². The van der Waals surface area contributed by atoms with Gasteiger partial charge >= 0.3 is 0 Å². The predicted octanol–water partition coefficient (Wildman–Crippen LogP) is 3.44. The maximum absolute atomic E-state index is 12.1. The standard InChI is InChI=1S/C16H14ClN3O2S/c1-11-6-8-12(9-7-11)23(21,22)20-18-10-15-16(17)13-4-2-3-5-14(13)19-15/h2-10,19-20H,1H3/b18-10+. The summed E-state index contributed by atoms with van der Waals surface area (Å²) < 4.78 is 24.2. The van der Waals surface area contributed by atoms with Crippen molar-refractivity contribution in [3.8, 4) is 0 Å². The van der Waals surface area contributed by atoms with E-state index in [9.17, 15) is 8.42 Å². The Kier molecular flexibility index (Phi) is 4.11. The molecule has 0 atom stereocenters. The normalized spacial score (nSPS) is 12.1. The molecular weight excluding hydrogens is 334 g/mol. The number of para-hydroxylation sites is 1. The first-order chi connectivity index (χ1) is 11.0. The van der Waals surface area contributed by atoms with Gasteiger partial charge in [0.05, 0.1) is 21.8 Å². The molecule has 7 heteroatoms. The highest BCUT2D eigenvalue weighted by Crippen LogP contribution is 2.25. The summed E-state index contributed by atoms with van der Waals surface area (Å²) in [5, 5.41) is 5.15. The Morgan fingerprint density at radius 1 is 1.13 bits per heavy atom. The second-order valence-electron chi connectivity index (χ2n) is 5.06. The summed E-state index contributed by atoms with van der Waals surface area (Å²) in [6.45, 7) is 1.89. The van der Waals surface area contributed by atoms with Gasteiger partial charge < -0.3 is 4.98 Å². The molecule has 118 valence electrons. The average Bonchev–Trinajstić information content (AvgIpc) is 2.84. The average molecular weight is 348 g/mol. The van der Waals surface area contributed by atoms with Crippen molar-refractivity contribution in [1.29, 1.82) is 0 Å². The Labute approximate surface area is 139 Å². The first-order valence-corrected chi connectivity index (χ1v) is 8.71. The number of hydrogen-bond acceptors (Lipinski definition) is 3. The molecule has 0 saturated heterocycles. The molecule has 0 aliphatic carbocycles. The molecule has 2 aromatic carbocycles. The van der Waals surface area contributed by atoms with E-state index in [1.54, 1.807) is 12.1 Å². The Bertz CT molecular complexity index is 976. The van der Waals surface area contributed by atoms with E-state index in [1.807, 2.05) is 31.2 Å². The molecule has 3 rings (SSSR count). The smallest absolute Gasteiger partial charge is 0.276 e. The third kappa shape index (κ3) is 3.23. The molecule has 3 aromatic rings. The number of hydrogen-bond donors (Lipinski definition) is 2. The van der Waals surface area contributed by atoms with Crippen LogP contribution in [0.15, 0.2) is 58.5 Å². The molecule has 0 aliphatic heterocycles. The molecule has 5 nitrogen and oxygen atoms in total. The fourth-order valence-corrected chi connectivity index (χ4v) is 3.20. The van der Waals surface area contributed by atoms with Crippen LogP contribution in [-0.4, -0.2) is 19.6 Å². The third-order valence-electron chi connectivity index (χ3n) is 3.37. The topological polar surface area (TPSA) is 74.3 Å². The van der Waals surface area contributed by atoms with E-state index in [2.05, 4.69) is 14.9 Å².